The number of hydrogen-bond donors (Lipinski definition) is 1. The first-order valence-electron chi connectivity index (χ1n) is 9.32. The Morgan fingerprint density at radius 2 is 1.97 bits per heavy atom. The predicted octanol–water partition coefficient (Wildman–Crippen LogP) is 4.42. The number of anilines is 1. The van der Waals surface area contributed by atoms with E-state index in [-0.39, 0.29) is 17.0 Å². The number of rotatable bonds is 5. The minimum Gasteiger partial charge on any atom is -0.465 e. The number of esters is 1. The summed E-state index contributed by atoms with van der Waals surface area (Å²) in [5.41, 5.74) is 2.73. The van der Waals surface area contributed by atoms with Crippen molar-refractivity contribution >= 4 is 45.3 Å². The van der Waals surface area contributed by atoms with Gasteiger partial charge in [0.15, 0.2) is 0 Å². The summed E-state index contributed by atoms with van der Waals surface area (Å²) in [6.45, 7) is 1.82. The van der Waals surface area contributed by atoms with Crippen LogP contribution in [0, 0.1) is 17.0 Å². The van der Waals surface area contributed by atoms with E-state index in [9.17, 15) is 19.7 Å². The molecule has 1 aliphatic rings. The van der Waals surface area contributed by atoms with Crippen LogP contribution in [0.25, 0.3) is 0 Å². The number of nitro groups is 1. The summed E-state index contributed by atoms with van der Waals surface area (Å²) in [4.78, 5) is 41.0. The van der Waals surface area contributed by atoms with Gasteiger partial charge in [-0.25, -0.2) is 9.79 Å². The van der Waals surface area contributed by atoms with Crippen molar-refractivity contribution in [1.82, 2.24) is 0 Å². The molecular weight excluding hydrogens is 418 g/mol. The molecule has 0 spiro atoms. The average Bonchev–Trinajstić information content (AvgIpc) is 3.24. The third kappa shape index (κ3) is 3.82. The van der Waals surface area contributed by atoms with E-state index in [1.54, 1.807) is 0 Å². The Labute approximate surface area is 181 Å². The number of benzene rings is 2. The zero-order valence-corrected chi connectivity index (χ0v) is 17.5. The SMILES string of the molecule is COC(=O)c1c(N=C2C(=O)Nc3ccc([N+](=O)[O-])cc32)sc(Cc2ccccc2)c1C. The Morgan fingerprint density at radius 1 is 1.23 bits per heavy atom. The van der Waals surface area contributed by atoms with Gasteiger partial charge in [0, 0.05) is 29.0 Å². The second kappa shape index (κ2) is 8.11. The number of carbonyl (C=O) groups is 2. The third-order valence-corrected chi connectivity index (χ3v) is 6.16. The zero-order chi connectivity index (χ0) is 22.1. The first kappa shape index (κ1) is 20.4. The molecule has 156 valence electrons. The van der Waals surface area contributed by atoms with Crippen molar-refractivity contribution in [3.8, 4) is 0 Å². The third-order valence-electron chi connectivity index (χ3n) is 4.97. The molecular formula is C22H17N3O5S. The van der Waals surface area contributed by atoms with Crippen molar-refractivity contribution in [2.75, 3.05) is 12.4 Å². The lowest BCUT2D eigenvalue weighted by Crippen LogP contribution is -2.14. The number of aliphatic imine (C=N–C) groups is 1. The van der Waals surface area contributed by atoms with Gasteiger partial charge in [0.25, 0.3) is 11.6 Å². The van der Waals surface area contributed by atoms with Gasteiger partial charge in [-0.1, -0.05) is 30.3 Å². The Hall–Kier alpha value is -3.85. The number of nitrogens with zero attached hydrogens (tertiary/aromatic N) is 2. The van der Waals surface area contributed by atoms with Gasteiger partial charge in [-0.05, 0) is 24.1 Å². The van der Waals surface area contributed by atoms with E-state index in [4.69, 9.17) is 4.74 Å². The molecule has 31 heavy (non-hydrogen) atoms. The van der Waals surface area contributed by atoms with Crippen LogP contribution >= 0.6 is 11.3 Å². The molecule has 0 unspecified atom stereocenters. The van der Waals surface area contributed by atoms with Crippen LogP contribution in [0.3, 0.4) is 0 Å². The first-order valence-corrected chi connectivity index (χ1v) is 10.1. The van der Waals surface area contributed by atoms with E-state index in [0.717, 1.165) is 16.0 Å². The lowest BCUT2D eigenvalue weighted by Gasteiger charge is -2.02. The van der Waals surface area contributed by atoms with Crippen molar-refractivity contribution in [3.63, 3.8) is 0 Å². The average molecular weight is 435 g/mol. The highest BCUT2D eigenvalue weighted by molar-refractivity contribution is 7.16. The number of nitro benzene ring substituents is 1. The fourth-order valence-corrected chi connectivity index (χ4v) is 4.59. The van der Waals surface area contributed by atoms with Gasteiger partial charge < -0.3 is 10.1 Å². The predicted molar refractivity (Wildman–Crippen MR) is 118 cm³/mol. The maximum atomic E-state index is 12.5. The van der Waals surface area contributed by atoms with Gasteiger partial charge in [-0.15, -0.1) is 11.3 Å². The molecule has 2 heterocycles. The topological polar surface area (TPSA) is 111 Å². The molecule has 3 aromatic rings. The lowest BCUT2D eigenvalue weighted by molar-refractivity contribution is -0.384. The smallest absolute Gasteiger partial charge is 0.341 e. The minimum absolute atomic E-state index is 0.0244. The molecule has 0 radical (unpaired) electrons. The van der Waals surface area contributed by atoms with E-state index in [2.05, 4.69) is 10.3 Å². The molecule has 4 rings (SSSR count). The number of thiophene rings is 1. The van der Waals surface area contributed by atoms with Crippen molar-refractivity contribution in [2.24, 2.45) is 4.99 Å². The maximum absolute atomic E-state index is 12.5. The Kier molecular flexibility index (Phi) is 5.35. The van der Waals surface area contributed by atoms with Crippen LogP contribution in [0.1, 0.15) is 31.9 Å². The molecule has 1 aromatic heterocycles. The molecule has 0 atom stereocenters. The number of carbonyl (C=O) groups excluding carboxylic acids is 2. The summed E-state index contributed by atoms with van der Waals surface area (Å²) in [6.07, 6.45) is 0.598. The van der Waals surface area contributed by atoms with Crippen molar-refractivity contribution in [2.45, 2.75) is 13.3 Å². The quantitative estimate of drug-likeness (QED) is 0.362. The number of ether oxygens (including phenoxy) is 1. The number of hydrogen-bond acceptors (Lipinski definition) is 7. The number of nitrogens with one attached hydrogen (secondary N) is 1. The second-order valence-electron chi connectivity index (χ2n) is 6.89. The van der Waals surface area contributed by atoms with Crippen molar-refractivity contribution in [1.29, 1.82) is 0 Å². The molecule has 2 aromatic carbocycles. The molecule has 0 saturated carbocycles. The Bertz CT molecular complexity index is 1250. The lowest BCUT2D eigenvalue weighted by atomic mass is 10.1. The summed E-state index contributed by atoms with van der Waals surface area (Å²) in [5.74, 6) is -1.04. The number of fused-ring (bicyclic) bond motifs is 1. The van der Waals surface area contributed by atoms with E-state index >= 15 is 0 Å². The van der Waals surface area contributed by atoms with Crippen molar-refractivity contribution in [3.05, 3.63) is 85.8 Å². The fraction of sp³-hybridized carbons (Fsp3) is 0.136. The zero-order valence-electron chi connectivity index (χ0n) is 16.7. The van der Waals surface area contributed by atoms with Crippen LogP contribution in [0.5, 0.6) is 0 Å². The molecule has 1 amide bonds. The fourth-order valence-electron chi connectivity index (χ4n) is 3.38. The monoisotopic (exact) mass is 435 g/mol. The van der Waals surface area contributed by atoms with Crippen LogP contribution in [0.15, 0.2) is 53.5 Å². The first-order chi connectivity index (χ1) is 14.9. The molecule has 1 aliphatic heterocycles. The van der Waals surface area contributed by atoms with Crippen molar-refractivity contribution < 1.29 is 19.2 Å². The number of methoxy groups -OCH3 is 1. The van der Waals surface area contributed by atoms with Crippen LogP contribution in [-0.4, -0.2) is 29.6 Å². The van der Waals surface area contributed by atoms with Gasteiger partial charge in [0.05, 0.1) is 23.3 Å². The van der Waals surface area contributed by atoms with E-state index in [0.29, 0.717) is 22.7 Å². The normalized spacial score (nSPS) is 13.7. The molecule has 0 fully saturated rings. The minimum atomic E-state index is -0.551. The highest BCUT2D eigenvalue weighted by Crippen LogP contribution is 2.39. The molecule has 0 aliphatic carbocycles. The highest BCUT2D eigenvalue weighted by Gasteiger charge is 2.30. The number of amides is 1. The largest absolute Gasteiger partial charge is 0.465 e. The van der Waals surface area contributed by atoms with Crippen LogP contribution in [0.4, 0.5) is 16.4 Å². The summed E-state index contributed by atoms with van der Waals surface area (Å²) >= 11 is 1.30. The maximum Gasteiger partial charge on any atom is 0.341 e. The Balaban J connectivity index is 1.83. The summed E-state index contributed by atoms with van der Waals surface area (Å²) in [5, 5.41) is 14.1. The van der Waals surface area contributed by atoms with Gasteiger partial charge in [0.2, 0.25) is 0 Å². The van der Waals surface area contributed by atoms with Gasteiger partial charge >= 0.3 is 5.97 Å². The van der Waals surface area contributed by atoms with Crippen LogP contribution < -0.4 is 5.32 Å². The Morgan fingerprint density at radius 3 is 2.65 bits per heavy atom. The van der Waals surface area contributed by atoms with Gasteiger partial charge in [0.1, 0.15) is 10.7 Å². The van der Waals surface area contributed by atoms with Gasteiger partial charge in [-0.3, -0.25) is 14.9 Å². The van der Waals surface area contributed by atoms with E-state index < -0.39 is 16.8 Å². The van der Waals surface area contributed by atoms with E-state index in [1.807, 2.05) is 37.3 Å². The van der Waals surface area contributed by atoms with Crippen LogP contribution in [0.2, 0.25) is 0 Å². The van der Waals surface area contributed by atoms with Crippen LogP contribution in [-0.2, 0) is 16.0 Å². The summed E-state index contributed by atoms with van der Waals surface area (Å²) < 4.78 is 4.94. The summed E-state index contributed by atoms with van der Waals surface area (Å²) in [6, 6.07) is 13.9. The second-order valence-corrected chi connectivity index (χ2v) is 7.97. The molecule has 8 nitrogen and oxygen atoms in total. The molecule has 0 saturated heterocycles. The van der Waals surface area contributed by atoms with E-state index in [1.165, 1.54) is 36.6 Å². The number of non-ortho nitro benzene ring substituents is 1. The summed E-state index contributed by atoms with van der Waals surface area (Å²) in [7, 11) is 1.29. The highest BCUT2D eigenvalue weighted by atomic mass is 32.1. The van der Waals surface area contributed by atoms with Gasteiger partial charge in [-0.2, -0.15) is 0 Å². The molecule has 0 bridgehead atoms. The molecule has 1 N–H and O–H groups in total. The standard InChI is InChI=1S/C22H17N3O5S/c1-12-17(10-13-6-4-3-5-7-13)31-21(18(12)22(27)30-2)24-19-15-11-14(25(28)29)8-9-16(15)23-20(19)26/h3-9,11H,10H2,1-2H3,(H,23,24,26). The molecule has 9 heteroatoms.